The Morgan fingerprint density at radius 3 is 2.76 bits per heavy atom. The number of aromatic nitrogens is 3. The maximum absolute atomic E-state index is 14.1. The molecule has 1 fully saturated rings. The van der Waals surface area contributed by atoms with Crippen LogP contribution in [0.2, 0.25) is 0 Å². The van der Waals surface area contributed by atoms with Crippen molar-refractivity contribution in [2.24, 2.45) is 0 Å². The zero-order valence-corrected chi connectivity index (χ0v) is 11.7. The average molecular weight is 290 g/mol. The summed E-state index contributed by atoms with van der Waals surface area (Å²) in [7, 11) is 0. The van der Waals surface area contributed by atoms with Crippen molar-refractivity contribution in [2.75, 3.05) is 0 Å². The van der Waals surface area contributed by atoms with Crippen LogP contribution in [0.3, 0.4) is 0 Å². The third-order valence-electron chi connectivity index (χ3n) is 3.97. The van der Waals surface area contributed by atoms with Crippen LogP contribution in [0.1, 0.15) is 31.2 Å². The van der Waals surface area contributed by atoms with Crippen molar-refractivity contribution in [2.45, 2.75) is 44.4 Å². The fourth-order valence-corrected chi connectivity index (χ4v) is 2.72. The molecule has 6 heteroatoms. The van der Waals surface area contributed by atoms with Crippen molar-refractivity contribution in [1.29, 1.82) is 0 Å². The normalized spacial score (nSPS) is 22.4. The van der Waals surface area contributed by atoms with Crippen LogP contribution in [0.5, 0.6) is 0 Å². The zero-order valence-electron chi connectivity index (χ0n) is 11.7. The average Bonchev–Trinajstić information content (AvgIpc) is 3.01. The molecule has 0 radical (unpaired) electrons. The summed E-state index contributed by atoms with van der Waals surface area (Å²) in [4.78, 5) is 3.82. The number of nitrogens with one attached hydrogen (secondary N) is 1. The van der Waals surface area contributed by atoms with E-state index in [0.717, 1.165) is 31.2 Å². The Morgan fingerprint density at radius 1 is 1.29 bits per heavy atom. The second-order valence-corrected chi connectivity index (χ2v) is 5.51. The van der Waals surface area contributed by atoms with Crippen molar-refractivity contribution in [3.8, 4) is 5.69 Å². The highest BCUT2D eigenvalue weighted by Crippen LogP contribution is 2.19. The van der Waals surface area contributed by atoms with Crippen molar-refractivity contribution in [3.05, 3.63) is 42.2 Å². The molecule has 0 saturated heterocycles. The highest BCUT2D eigenvalue weighted by Gasteiger charge is 2.18. The van der Waals surface area contributed by atoms with E-state index >= 15 is 0 Å². The second kappa shape index (κ2) is 6.32. The molecule has 5 nitrogen and oxygen atoms in total. The molecule has 2 aromatic rings. The largest absolute Gasteiger partial charge is 0.393 e. The number of nitrogens with zero attached hydrogens (tertiary/aromatic N) is 3. The Morgan fingerprint density at radius 2 is 2.10 bits per heavy atom. The Labute approximate surface area is 122 Å². The van der Waals surface area contributed by atoms with Gasteiger partial charge in [0.25, 0.3) is 0 Å². The maximum Gasteiger partial charge on any atom is 0.149 e. The Kier molecular flexibility index (Phi) is 4.26. The molecule has 1 heterocycles. The second-order valence-electron chi connectivity index (χ2n) is 5.51. The standard InChI is InChI=1S/C15H19FN4O/c16-14-7-11(1-6-15(14)20-10-17-9-19-20)8-18-12-2-4-13(21)5-3-12/h1,6-7,9-10,12-13,18,21H,2-5,8H2. The molecule has 1 saturated carbocycles. The topological polar surface area (TPSA) is 63.0 Å². The summed E-state index contributed by atoms with van der Waals surface area (Å²) in [5.41, 5.74) is 1.31. The van der Waals surface area contributed by atoms with Crippen molar-refractivity contribution in [1.82, 2.24) is 20.1 Å². The Balaban J connectivity index is 1.60. The lowest BCUT2D eigenvalue weighted by Crippen LogP contribution is -2.34. The number of aliphatic hydroxyl groups is 1. The van der Waals surface area contributed by atoms with E-state index in [2.05, 4.69) is 15.4 Å². The summed E-state index contributed by atoms with van der Waals surface area (Å²) in [5.74, 6) is -0.307. The fraction of sp³-hybridized carbons (Fsp3) is 0.467. The molecular formula is C15H19FN4O. The van der Waals surface area contributed by atoms with E-state index in [1.165, 1.54) is 23.4 Å². The van der Waals surface area contributed by atoms with Gasteiger partial charge in [-0.2, -0.15) is 5.10 Å². The lowest BCUT2D eigenvalue weighted by atomic mass is 9.93. The van der Waals surface area contributed by atoms with Crippen molar-refractivity contribution < 1.29 is 9.50 Å². The molecule has 0 amide bonds. The molecule has 3 rings (SSSR count). The van der Waals surface area contributed by atoms with E-state index in [4.69, 9.17) is 0 Å². The number of rotatable bonds is 4. The van der Waals surface area contributed by atoms with Crippen LogP contribution < -0.4 is 5.32 Å². The molecule has 112 valence electrons. The number of benzene rings is 1. The van der Waals surface area contributed by atoms with Crippen LogP contribution in [-0.4, -0.2) is 32.0 Å². The molecule has 0 bridgehead atoms. The first kappa shape index (κ1) is 14.2. The van der Waals surface area contributed by atoms with Gasteiger partial charge >= 0.3 is 0 Å². The van der Waals surface area contributed by atoms with Crippen LogP contribution in [0.15, 0.2) is 30.9 Å². The molecule has 1 aromatic carbocycles. The van der Waals surface area contributed by atoms with Gasteiger partial charge in [-0.05, 0) is 43.4 Å². The summed E-state index contributed by atoms with van der Waals surface area (Å²) in [5, 5.41) is 16.8. The Hall–Kier alpha value is -1.79. The number of hydrogen-bond acceptors (Lipinski definition) is 4. The molecule has 1 aliphatic rings. The van der Waals surface area contributed by atoms with Crippen LogP contribution in [0.25, 0.3) is 5.69 Å². The highest BCUT2D eigenvalue weighted by molar-refractivity contribution is 5.35. The maximum atomic E-state index is 14.1. The SMILES string of the molecule is OC1CCC(NCc2ccc(-n3cncn3)c(F)c2)CC1. The first-order valence-electron chi connectivity index (χ1n) is 7.27. The van der Waals surface area contributed by atoms with Gasteiger partial charge in [0, 0.05) is 12.6 Å². The lowest BCUT2D eigenvalue weighted by Gasteiger charge is -2.26. The molecule has 1 aliphatic carbocycles. The van der Waals surface area contributed by atoms with Gasteiger partial charge in [-0.15, -0.1) is 0 Å². The highest BCUT2D eigenvalue weighted by atomic mass is 19.1. The minimum absolute atomic E-state index is 0.151. The first-order valence-corrected chi connectivity index (χ1v) is 7.27. The predicted molar refractivity (Wildman–Crippen MR) is 76.4 cm³/mol. The van der Waals surface area contributed by atoms with Crippen LogP contribution in [-0.2, 0) is 6.54 Å². The monoisotopic (exact) mass is 290 g/mol. The van der Waals surface area contributed by atoms with Gasteiger partial charge in [-0.25, -0.2) is 14.1 Å². The van der Waals surface area contributed by atoms with E-state index < -0.39 is 0 Å². The van der Waals surface area contributed by atoms with Gasteiger partial charge in [0.05, 0.1) is 6.10 Å². The predicted octanol–water partition coefficient (Wildman–Crippen LogP) is 1.80. The molecule has 0 aliphatic heterocycles. The first-order chi connectivity index (χ1) is 10.2. The summed E-state index contributed by atoms with van der Waals surface area (Å²) in [6.07, 6.45) is 6.34. The third-order valence-corrected chi connectivity index (χ3v) is 3.97. The summed E-state index contributed by atoms with van der Waals surface area (Å²) >= 11 is 0. The van der Waals surface area contributed by atoms with Crippen molar-refractivity contribution in [3.63, 3.8) is 0 Å². The van der Waals surface area contributed by atoms with Gasteiger partial charge < -0.3 is 10.4 Å². The van der Waals surface area contributed by atoms with Crippen molar-refractivity contribution >= 4 is 0 Å². The van der Waals surface area contributed by atoms with E-state index in [1.807, 2.05) is 6.07 Å². The fourth-order valence-electron chi connectivity index (χ4n) is 2.72. The quantitative estimate of drug-likeness (QED) is 0.901. The van der Waals surface area contributed by atoms with Gasteiger partial charge in [0.2, 0.25) is 0 Å². The van der Waals surface area contributed by atoms with E-state index in [9.17, 15) is 9.50 Å². The summed E-state index contributed by atoms with van der Waals surface area (Å²) in [6, 6.07) is 5.55. The van der Waals surface area contributed by atoms with Crippen LogP contribution >= 0.6 is 0 Å². The number of halogens is 1. The van der Waals surface area contributed by atoms with Gasteiger partial charge in [0.1, 0.15) is 24.2 Å². The van der Waals surface area contributed by atoms with Crippen LogP contribution in [0.4, 0.5) is 4.39 Å². The van der Waals surface area contributed by atoms with Gasteiger partial charge in [0.15, 0.2) is 0 Å². The molecule has 21 heavy (non-hydrogen) atoms. The number of hydrogen-bond donors (Lipinski definition) is 2. The van der Waals surface area contributed by atoms with E-state index in [1.54, 1.807) is 6.07 Å². The van der Waals surface area contributed by atoms with Crippen LogP contribution in [0, 0.1) is 5.82 Å². The van der Waals surface area contributed by atoms with Gasteiger partial charge in [-0.3, -0.25) is 0 Å². The molecule has 0 atom stereocenters. The zero-order chi connectivity index (χ0) is 14.7. The lowest BCUT2D eigenvalue weighted by molar-refractivity contribution is 0.116. The van der Waals surface area contributed by atoms with E-state index in [-0.39, 0.29) is 11.9 Å². The summed E-state index contributed by atoms with van der Waals surface area (Å²) in [6.45, 7) is 0.634. The van der Waals surface area contributed by atoms with E-state index in [0.29, 0.717) is 18.3 Å². The molecule has 0 unspecified atom stereocenters. The smallest absolute Gasteiger partial charge is 0.149 e. The third kappa shape index (κ3) is 3.46. The molecular weight excluding hydrogens is 271 g/mol. The Bertz CT molecular complexity index is 579. The summed E-state index contributed by atoms with van der Waals surface area (Å²) < 4.78 is 15.5. The number of aliphatic hydroxyl groups excluding tert-OH is 1. The minimum atomic E-state index is -0.307. The van der Waals surface area contributed by atoms with Gasteiger partial charge in [-0.1, -0.05) is 6.07 Å². The molecule has 2 N–H and O–H groups in total. The molecule has 1 aromatic heterocycles. The molecule has 0 spiro atoms. The minimum Gasteiger partial charge on any atom is -0.393 e.